The number of amides is 2. The van der Waals surface area contributed by atoms with E-state index in [4.69, 9.17) is 5.11 Å². The van der Waals surface area contributed by atoms with Crippen molar-refractivity contribution in [1.82, 2.24) is 10.2 Å². The van der Waals surface area contributed by atoms with Crippen molar-refractivity contribution >= 4 is 12.0 Å². The summed E-state index contributed by atoms with van der Waals surface area (Å²) in [6.45, 7) is 4.59. The van der Waals surface area contributed by atoms with E-state index in [9.17, 15) is 22.8 Å². The van der Waals surface area contributed by atoms with E-state index < -0.39 is 43.1 Å². The maximum atomic E-state index is 12.7. The van der Waals surface area contributed by atoms with Gasteiger partial charge in [0, 0.05) is 19.6 Å². The van der Waals surface area contributed by atoms with Crippen LogP contribution in [0.2, 0.25) is 0 Å². The van der Waals surface area contributed by atoms with Crippen molar-refractivity contribution in [3.63, 3.8) is 0 Å². The van der Waals surface area contributed by atoms with Crippen LogP contribution < -0.4 is 5.32 Å². The third-order valence-corrected chi connectivity index (χ3v) is 3.33. The highest BCUT2D eigenvalue weighted by atomic mass is 19.4. The van der Waals surface area contributed by atoms with Crippen molar-refractivity contribution in [2.45, 2.75) is 19.5 Å². The number of aliphatic carboxylic acids is 1. The zero-order valence-electron chi connectivity index (χ0n) is 11.0. The van der Waals surface area contributed by atoms with Gasteiger partial charge in [0.05, 0.1) is 11.8 Å². The Balaban J connectivity index is 2.68. The van der Waals surface area contributed by atoms with Gasteiger partial charge in [-0.3, -0.25) is 4.79 Å². The molecule has 1 aliphatic rings. The van der Waals surface area contributed by atoms with Gasteiger partial charge in [-0.15, -0.1) is 0 Å². The van der Waals surface area contributed by atoms with Gasteiger partial charge in [-0.05, 0) is 6.42 Å². The van der Waals surface area contributed by atoms with E-state index in [1.165, 1.54) is 0 Å². The Kier molecular flexibility index (Phi) is 5.02. The normalized spacial score (nSPS) is 22.7. The van der Waals surface area contributed by atoms with Gasteiger partial charge in [0.2, 0.25) is 0 Å². The predicted molar refractivity (Wildman–Crippen MR) is 65.1 cm³/mol. The fourth-order valence-electron chi connectivity index (χ4n) is 1.99. The van der Waals surface area contributed by atoms with Crippen LogP contribution in [0.25, 0.3) is 0 Å². The number of urea groups is 1. The number of nitrogens with zero attached hydrogens (tertiary/aromatic N) is 1. The molecule has 2 N–H and O–H groups in total. The Morgan fingerprint density at radius 1 is 1.40 bits per heavy atom. The molecule has 1 fully saturated rings. The number of halogens is 3. The van der Waals surface area contributed by atoms with E-state index in [1.54, 1.807) is 0 Å². The monoisotopic (exact) mass is 294 g/mol. The van der Waals surface area contributed by atoms with Crippen molar-refractivity contribution in [3.05, 3.63) is 12.2 Å². The fourth-order valence-corrected chi connectivity index (χ4v) is 1.99. The third kappa shape index (κ3) is 3.88. The Morgan fingerprint density at radius 3 is 2.40 bits per heavy atom. The Bertz CT molecular complexity index is 409. The minimum atomic E-state index is -4.63. The molecular weight excluding hydrogens is 277 g/mol. The molecule has 20 heavy (non-hydrogen) atoms. The molecule has 0 unspecified atom stereocenters. The molecule has 2 atom stereocenters. The molecule has 0 bridgehead atoms. The second kappa shape index (κ2) is 6.15. The van der Waals surface area contributed by atoms with Gasteiger partial charge in [-0.1, -0.05) is 19.1 Å². The number of alkyl halides is 3. The van der Waals surface area contributed by atoms with Gasteiger partial charge in [0.1, 0.15) is 0 Å². The van der Waals surface area contributed by atoms with Crippen LogP contribution in [-0.2, 0) is 4.79 Å². The molecule has 0 aromatic carbocycles. The van der Waals surface area contributed by atoms with Gasteiger partial charge in [-0.2, -0.15) is 13.2 Å². The molecule has 1 aliphatic heterocycles. The van der Waals surface area contributed by atoms with Crippen molar-refractivity contribution < 1.29 is 27.9 Å². The highest BCUT2D eigenvalue weighted by Crippen LogP contribution is 2.37. The van der Waals surface area contributed by atoms with E-state index in [-0.39, 0.29) is 6.54 Å². The summed E-state index contributed by atoms with van der Waals surface area (Å²) in [6, 6.07) is -0.697. The maximum Gasteiger partial charge on any atom is 0.394 e. The summed E-state index contributed by atoms with van der Waals surface area (Å²) in [6.07, 6.45) is -3.99. The number of hydrogen-bond donors (Lipinski definition) is 2. The lowest BCUT2D eigenvalue weighted by molar-refractivity contribution is -0.187. The molecule has 8 heteroatoms. The zero-order chi connectivity index (χ0) is 15.5. The van der Waals surface area contributed by atoms with Crippen LogP contribution in [0.1, 0.15) is 13.3 Å². The Morgan fingerprint density at radius 2 is 2.00 bits per heavy atom. The molecule has 114 valence electrons. The summed E-state index contributed by atoms with van der Waals surface area (Å²) in [5, 5.41) is 11.3. The first-order valence-corrected chi connectivity index (χ1v) is 6.15. The van der Waals surface area contributed by atoms with Crippen LogP contribution >= 0.6 is 0 Å². The smallest absolute Gasteiger partial charge is 0.394 e. The molecule has 1 saturated heterocycles. The summed E-state index contributed by atoms with van der Waals surface area (Å²) in [5.74, 6) is -5.18. The van der Waals surface area contributed by atoms with E-state index >= 15 is 0 Å². The van der Waals surface area contributed by atoms with E-state index in [1.807, 2.05) is 6.92 Å². The van der Waals surface area contributed by atoms with Gasteiger partial charge in [0.15, 0.2) is 0 Å². The van der Waals surface area contributed by atoms with Crippen LogP contribution in [0.4, 0.5) is 18.0 Å². The quantitative estimate of drug-likeness (QED) is 0.778. The van der Waals surface area contributed by atoms with Gasteiger partial charge < -0.3 is 15.3 Å². The van der Waals surface area contributed by atoms with Crippen LogP contribution in [0.5, 0.6) is 0 Å². The van der Waals surface area contributed by atoms with Crippen LogP contribution in [-0.4, -0.2) is 47.8 Å². The lowest BCUT2D eigenvalue weighted by Gasteiger charge is -2.19. The summed E-state index contributed by atoms with van der Waals surface area (Å²) in [7, 11) is 0. The average Bonchev–Trinajstić information content (AvgIpc) is 2.80. The summed E-state index contributed by atoms with van der Waals surface area (Å²) in [4.78, 5) is 23.5. The molecule has 1 heterocycles. The second-order valence-corrected chi connectivity index (χ2v) is 4.76. The molecule has 0 aliphatic carbocycles. The largest absolute Gasteiger partial charge is 0.481 e. The molecule has 0 aromatic rings. The SMILES string of the molecule is C=C(CC)CNC(=O)N1C[C@@H](C(F)(F)F)[C@H](C(=O)O)C1. The van der Waals surface area contributed by atoms with E-state index in [0.29, 0.717) is 6.42 Å². The molecule has 5 nitrogen and oxygen atoms in total. The number of likely N-dealkylation sites (tertiary alicyclic amines) is 1. The van der Waals surface area contributed by atoms with Gasteiger partial charge in [-0.25, -0.2) is 4.79 Å². The molecule has 0 saturated carbocycles. The number of carbonyl (C=O) groups is 2. The lowest BCUT2D eigenvalue weighted by atomic mass is 9.96. The van der Waals surface area contributed by atoms with Crippen LogP contribution in [0, 0.1) is 11.8 Å². The first-order chi connectivity index (χ1) is 9.16. The standard InChI is InChI=1S/C12H17F3N2O3/c1-3-7(2)4-16-11(20)17-5-8(10(18)19)9(6-17)12(13,14)15/h8-9H,2-6H2,1H3,(H,16,20)(H,18,19)/t8-,9-/m1/s1. The van der Waals surface area contributed by atoms with Crippen molar-refractivity contribution in [3.8, 4) is 0 Å². The molecule has 0 radical (unpaired) electrons. The lowest BCUT2D eigenvalue weighted by Crippen LogP contribution is -2.40. The topological polar surface area (TPSA) is 69.6 Å². The van der Waals surface area contributed by atoms with Crippen LogP contribution in [0.3, 0.4) is 0 Å². The van der Waals surface area contributed by atoms with Crippen LogP contribution in [0.15, 0.2) is 12.2 Å². The molecular formula is C12H17F3N2O3. The number of carboxylic acid groups (broad SMARTS) is 1. The number of carboxylic acids is 1. The number of carbonyl (C=O) groups excluding carboxylic acids is 1. The zero-order valence-corrected chi connectivity index (χ0v) is 11.0. The number of rotatable bonds is 4. The highest BCUT2D eigenvalue weighted by Gasteiger charge is 2.53. The predicted octanol–water partition coefficient (Wildman–Crippen LogP) is 1.86. The summed E-state index contributed by atoms with van der Waals surface area (Å²) < 4.78 is 38.2. The average molecular weight is 294 g/mol. The van der Waals surface area contributed by atoms with Gasteiger partial charge >= 0.3 is 18.2 Å². The summed E-state index contributed by atoms with van der Waals surface area (Å²) >= 11 is 0. The third-order valence-electron chi connectivity index (χ3n) is 3.33. The highest BCUT2D eigenvalue weighted by molar-refractivity contribution is 5.78. The minimum absolute atomic E-state index is 0.167. The number of hydrogen-bond acceptors (Lipinski definition) is 2. The second-order valence-electron chi connectivity index (χ2n) is 4.76. The van der Waals surface area contributed by atoms with Gasteiger partial charge in [0.25, 0.3) is 0 Å². The summed E-state index contributed by atoms with van der Waals surface area (Å²) in [5.41, 5.74) is 0.736. The molecule has 1 rings (SSSR count). The van der Waals surface area contributed by atoms with E-state index in [2.05, 4.69) is 11.9 Å². The van der Waals surface area contributed by atoms with Crippen molar-refractivity contribution in [1.29, 1.82) is 0 Å². The molecule has 0 aromatic heterocycles. The first-order valence-electron chi connectivity index (χ1n) is 6.15. The maximum absolute atomic E-state index is 12.7. The van der Waals surface area contributed by atoms with E-state index in [0.717, 1.165) is 10.5 Å². The molecule has 2 amide bonds. The van der Waals surface area contributed by atoms with Crippen molar-refractivity contribution in [2.24, 2.45) is 11.8 Å². The Hall–Kier alpha value is -1.73. The minimum Gasteiger partial charge on any atom is -0.481 e. The number of nitrogens with one attached hydrogen (secondary N) is 1. The Labute approximate surface area is 114 Å². The fraction of sp³-hybridized carbons (Fsp3) is 0.667. The molecule has 0 spiro atoms. The van der Waals surface area contributed by atoms with Crippen molar-refractivity contribution in [2.75, 3.05) is 19.6 Å². The first kappa shape index (κ1) is 16.3.